The van der Waals surface area contributed by atoms with Crippen molar-refractivity contribution >= 4 is 41.9 Å². The fourth-order valence-corrected chi connectivity index (χ4v) is 5.73. The van der Waals surface area contributed by atoms with E-state index in [1.165, 1.54) is 66.5 Å². The van der Waals surface area contributed by atoms with Gasteiger partial charge in [0.05, 0.1) is 13.2 Å². The Bertz CT molecular complexity index is 1880. The smallest absolute Gasteiger partial charge is 0.351 e. The number of hydrogen-bond donors (Lipinski definition) is 8. The minimum absolute atomic E-state index is 0.105. The van der Waals surface area contributed by atoms with E-state index < -0.39 is 79.0 Å². The molecule has 0 aromatic heterocycles. The number of carboxylic acids is 3. The van der Waals surface area contributed by atoms with Gasteiger partial charge in [-0.25, -0.2) is 14.4 Å². The highest BCUT2D eigenvalue weighted by Gasteiger charge is 2.46. The molecule has 3 aliphatic rings. The number of carbonyl (C=O) groups is 4. The molecule has 0 radical (unpaired) electrons. The first-order chi connectivity index (χ1) is 24.7. The number of nitrogens with one attached hydrogen (secondary N) is 1. The van der Waals surface area contributed by atoms with Crippen LogP contribution in [0, 0.1) is 0 Å². The van der Waals surface area contributed by atoms with Crippen LogP contribution in [0.3, 0.4) is 0 Å². The third-order valence-electron chi connectivity index (χ3n) is 8.45. The summed E-state index contributed by atoms with van der Waals surface area (Å²) in [5, 5.41) is 85.5. The molecule has 0 aliphatic carbocycles. The Kier molecular flexibility index (Phi) is 11.1. The van der Waals surface area contributed by atoms with Crippen molar-refractivity contribution in [3.8, 4) is 23.0 Å². The standard InChI is InChI=1S/C34H34N2O16/c1-49-24-10-15(2-4-22(24)37)3-5-27(39)50-14-26-28(40)29(41)30(42)34(52-26)51-25-13-20-17(12-23(25)38)11-21(33(47)48)36(20)7-6-16-8-18(31(43)44)35-19(9-16)32(45)46/h2-8,10,12-13,19,21,26,28-30,34,40-42H,9,11,14H2,1H3,(H5,37,38,39,43,44,45,46,47,48)/t19-,21-,26+,28+,29+,30+,34+/m0/s1. The van der Waals surface area contributed by atoms with Gasteiger partial charge >= 0.3 is 17.9 Å². The van der Waals surface area contributed by atoms with Crippen LogP contribution in [0.1, 0.15) is 17.5 Å². The molecular formula is C34H34N2O16. The van der Waals surface area contributed by atoms with Crippen LogP contribution < -0.4 is 19.9 Å². The zero-order chi connectivity index (χ0) is 37.9. The largest absolute Gasteiger partial charge is 0.543 e. The summed E-state index contributed by atoms with van der Waals surface area (Å²) in [5.41, 5.74) is 0.865. The first-order valence-electron chi connectivity index (χ1n) is 15.6. The van der Waals surface area contributed by atoms with Gasteiger partial charge in [-0.1, -0.05) is 6.07 Å². The molecule has 0 amide bonds. The van der Waals surface area contributed by atoms with E-state index in [1.54, 1.807) is 0 Å². The molecule has 1 fully saturated rings. The Morgan fingerprint density at radius 1 is 1.00 bits per heavy atom. The lowest BCUT2D eigenvalue weighted by molar-refractivity contribution is -0.475. The molecule has 0 unspecified atom stereocenters. The number of esters is 1. The maximum absolute atomic E-state index is 12.4. The summed E-state index contributed by atoms with van der Waals surface area (Å²) < 4.78 is 22.7. The molecule has 8 N–H and O–H groups in total. The number of nitrogens with zero attached hydrogens (tertiary/aromatic N) is 1. The van der Waals surface area contributed by atoms with Gasteiger partial charge in [0.1, 0.15) is 48.7 Å². The molecule has 276 valence electrons. The maximum Gasteiger partial charge on any atom is 0.351 e. The molecule has 1 saturated heterocycles. The normalized spacial score (nSPS) is 27.1. The van der Waals surface area contributed by atoms with Crippen molar-refractivity contribution in [3.05, 3.63) is 71.0 Å². The van der Waals surface area contributed by atoms with Gasteiger partial charge in [0.2, 0.25) is 18.0 Å². The van der Waals surface area contributed by atoms with Crippen LogP contribution in [0.5, 0.6) is 23.0 Å². The third-order valence-corrected chi connectivity index (χ3v) is 8.45. The zero-order valence-corrected chi connectivity index (χ0v) is 27.2. The van der Waals surface area contributed by atoms with Crippen LogP contribution in [-0.4, -0.2) is 127 Å². The lowest BCUT2D eigenvalue weighted by Gasteiger charge is -2.39. The number of aliphatic hydroxyl groups excluding tert-OH is 3. The van der Waals surface area contributed by atoms with Crippen molar-refractivity contribution in [2.75, 3.05) is 13.7 Å². The van der Waals surface area contributed by atoms with Crippen molar-refractivity contribution in [2.45, 2.75) is 55.6 Å². The van der Waals surface area contributed by atoms with Gasteiger partial charge in [0.15, 0.2) is 29.2 Å². The molecule has 18 heteroatoms. The number of methoxy groups -OCH3 is 1. The van der Waals surface area contributed by atoms with E-state index in [2.05, 4.69) is 5.32 Å². The quantitative estimate of drug-likeness (QED) is 0.0726. The molecule has 18 nitrogen and oxygen atoms in total. The molecule has 7 atom stereocenters. The zero-order valence-electron chi connectivity index (χ0n) is 27.2. The number of allylic oxidation sites excluding steroid dienone is 2. The van der Waals surface area contributed by atoms with Gasteiger partial charge in [0.25, 0.3) is 0 Å². The summed E-state index contributed by atoms with van der Waals surface area (Å²) in [7, 11) is 1.36. The van der Waals surface area contributed by atoms with Crippen molar-refractivity contribution in [1.29, 1.82) is 0 Å². The maximum atomic E-state index is 12.4. The molecule has 3 aliphatic heterocycles. The van der Waals surface area contributed by atoms with Crippen molar-refractivity contribution in [1.82, 2.24) is 5.32 Å². The van der Waals surface area contributed by atoms with Crippen LogP contribution in [0.2, 0.25) is 0 Å². The number of benzene rings is 2. The second-order valence-corrected chi connectivity index (χ2v) is 11.9. The summed E-state index contributed by atoms with van der Waals surface area (Å²) in [4.78, 5) is 47.6. The van der Waals surface area contributed by atoms with E-state index in [0.29, 0.717) is 11.1 Å². The number of aromatic hydroxyl groups is 2. The predicted molar refractivity (Wildman–Crippen MR) is 172 cm³/mol. The molecule has 5 rings (SSSR count). The number of carboxylic acid groups (broad SMARTS) is 3. The van der Waals surface area contributed by atoms with Crippen LogP contribution in [0.4, 0.5) is 5.69 Å². The molecule has 0 saturated carbocycles. The molecule has 3 heterocycles. The SMILES string of the molecule is COc1cc(/C=C/C(=O)OC[C@H]2O[C@@H](Oc3cc4c(cc3O)C[C@@H](C(=O)[O-])[N+]4=C/C=C3/C=C(C(=O)O)N[C@H](C(=O)O)C3)[C@H](O)[C@H](O)[C@@H]2O)ccc1O. The highest BCUT2D eigenvalue weighted by atomic mass is 16.7. The number of carbonyl (C=O) groups excluding carboxylic acids is 2. The van der Waals surface area contributed by atoms with Crippen LogP contribution in [0.25, 0.3) is 6.08 Å². The van der Waals surface area contributed by atoms with E-state index in [0.717, 1.165) is 6.08 Å². The van der Waals surface area contributed by atoms with Crippen molar-refractivity contribution in [2.24, 2.45) is 0 Å². The number of fused-ring (bicyclic) bond motifs is 1. The van der Waals surface area contributed by atoms with Gasteiger partial charge in [-0.05, 0) is 41.5 Å². The number of aliphatic carboxylic acids is 3. The Hall–Kier alpha value is -5.95. The minimum atomic E-state index is -1.88. The van der Waals surface area contributed by atoms with E-state index in [9.17, 15) is 60.0 Å². The summed E-state index contributed by atoms with van der Waals surface area (Å²) in [5.74, 6) is -5.86. The van der Waals surface area contributed by atoms with E-state index in [1.807, 2.05) is 0 Å². The molecule has 0 spiro atoms. The van der Waals surface area contributed by atoms with Crippen molar-refractivity contribution in [3.63, 3.8) is 0 Å². The lowest BCUT2D eigenvalue weighted by atomic mass is 9.99. The van der Waals surface area contributed by atoms with Gasteiger partial charge in [-0.15, -0.1) is 0 Å². The van der Waals surface area contributed by atoms with Crippen molar-refractivity contribution < 1.29 is 83.6 Å². The Morgan fingerprint density at radius 3 is 2.42 bits per heavy atom. The number of phenolic OH excluding ortho intramolecular Hbond substituents is 2. The van der Waals surface area contributed by atoms with Crippen LogP contribution in [0.15, 0.2) is 59.8 Å². The molecule has 2 aromatic rings. The van der Waals surface area contributed by atoms with E-state index in [4.69, 9.17) is 18.9 Å². The van der Waals surface area contributed by atoms with Gasteiger partial charge in [-0.2, -0.15) is 4.58 Å². The average molecular weight is 727 g/mol. The first-order valence-corrected chi connectivity index (χ1v) is 15.6. The lowest BCUT2D eigenvalue weighted by Crippen LogP contribution is -2.60. The number of rotatable bonds is 11. The number of aliphatic hydroxyl groups is 3. The summed E-state index contributed by atoms with van der Waals surface area (Å²) in [6.45, 7) is -0.607. The van der Waals surface area contributed by atoms with Crippen LogP contribution >= 0.6 is 0 Å². The molecule has 2 aromatic carbocycles. The number of ether oxygens (including phenoxy) is 4. The highest BCUT2D eigenvalue weighted by molar-refractivity contribution is 5.90. The fourth-order valence-electron chi connectivity index (χ4n) is 5.73. The van der Waals surface area contributed by atoms with Gasteiger partial charge in [-0.3, -0.25) is 0 Å². The second kappa shape index (κ2) is 15.5. The number of phenols is 2. The first kappa shape index (κ1) is 37.3. The minimum Gasteiger partial charge on any atom is -0.543 e. The average Bonchev–Trinajstić information content (AvgIpc) is 3.47. The number of hydrogen-bond acceptors (Lipinski definition) is 15. The van der Waals surface area contributed by atoms with E-state index in [-0.39, 0.29) is 47.0 Å². The molecular weight excluding hydrogens is 692 g/mol. The van der Waals surface area contributed by atoms with Gasteiger partial charge < -0.3 is 69.9 Å². The molecule has 52 heavy (non-hydrogen) atoms. The third kappa shape index (κ3) is 8.16. The topological polar surface area (TPSA) is 285 Å². The summed E-state index contributed by atoms with van der Waals surface area (Å²) >= 11 is 0. The predicted octanol–water partition coefficient (Wildman–Crippen LogP) is -1.72. The van der Waals surface area contributed by atoms with Gasteiger partial charge in [0, 0.05) is 30.6 Å². The Labute approximate surface area is 294 Å². The monoisotopic (exact) mass is 726 g/mol. The summed E-state index contributed by atoms with van der Waals surface area (Å²) in [6, 6.07) is 4.19. The second-order valence-electron chi connectivity index (χ2n) is 11.9. The van der Waals surface area contributed by atoms with E-state index >= 15 is 0 Å². The summed E-state index contributed by atoms with van der Waals surface area (Å²) in [6.07, 6.45) is -2.67. The Balaban J connectivity index is 1.34. The van der Waals surface area contributed by atoms with Crippen LogP contribution in [-0.2, 0) is 35.1 Å². The Morgan fingerprint density at radius 2 is 1.75 bits per heavy atom. The molecule has 0 bridgehead atoms. The fraction of sp³-hybridized carbons (Fsp3) is 0.324. The highest BCUT2D eigenvalue weighted by Crippen LogP contribution is 2.40.